The maximum absolute atomic E-state index is 5.68. The minimum atomic E-state index is 0.564. The summed E-state index contributed by atoms with van der Waals surface area (Å²) < 4.78 is 5.68. The Bertz CT molecular complexity index is 1890. The van der Waals surface area contributed by atoms with Crippen LogP contribution in [-0.4, -0.2) is 9.97 Å². The Morgan fingerprint density at radius 1 is 0.341 bits per heavy atom. The smallest absolute Gasteiger partial charge is 0.196 e. The summed E-state index contributed by atoms with van der Waals surface area (Å²) in [6, 6.07) is 52.4. The molecule has 0 N–H and O–H groups in total. The van der Waals surface area contributed by atoms with Crippen molar-refractivity contribution in [2.75, 3.05) is 0 Å². The lowest BCUT2D eigenvalue weighted by atomic mass is 9.98. The van der Waals surface area contributed by atoms with Crippen molar-refractivity contribution in [3.05, 3.63) is 158 Å². The average Bonchev–Trinajstić information content (AvgIpc) is 3.61. The molecule has 7 aromatic rings. The lowest BCUT2D eigenvalue weighted by Crippen LogP contribution is -1.95. The topological polar surface area (TPSA) is 38.9 Å². The van der Waals surface area contributed by atoms with Crippen LogP contribution in [0.15, 0.2) is 162 Å². The Balaban J connectivity index is 1.24. The third-order valence-electron chi connectivity index (χ3n) is 7.24. The molecule has 2 heterocycles. The molecule has 2 aromatic heterocycles. The normalized spacial score (nSPS) is 10.9. The van der Waals surface area contributed by atoms with Crippen molar-refractivity contribution in [1.29, 1.82) is 0 Å². The summed E-state index contributed by atoms with van der Waals surface area (Å²) in [4.78, 5) is 9.76. The molecule has 0 atom stereocenters. The van der Waals surface area contributed by atoms with Crippen molar-refractivity contribution in [2.24, 2.45) is 0 Å². The highest BCUT2D eigenvalue weighted by molar-refractivity contribution is 5.77. The number of hydrogen-bond donors (Lipinski definition) is 0. The van der Waals surface area contributed by atoms with Crippen LogP contribution < -0.4 is 0 Å². The van der Waals surface area contributed by atoms with Crippen LogP contribution in [0.3, 0.4) is 0 Å². The third kappa shape index (κ3) is 5.21. The number of nitrogens with zero attached hydrogens (tertiary/aromatic N) is 2. The molecule has 0 unspecified atom stereocenters. The first-order valence-electron chi connectivity index (χ1n) is 13.7. The second kappa shape index (κ2) is 10.9. The summed E-state index contributed by atoms with van der Waals surface area (Å²) in [7, 11) is 0. The van der Waals surface area contributed by atoms with Gasteiger partial charge >= 0.3 is 0 Å². The first kappa shape index (κ1) is 24.5. The van der Waals surface area contributed by atoms with Gasteiger partial charge in [0.2, 0.25) is 0 Å². The van der Waals surface area contributed by atoms with Gasteiger partial charge in [0.1, 0.15) is 0 Å². The van der Waals surface area contributed by atoms with Crippen molar-refractivity contribution in [1.82, 2.24) is 9.97 Å². The number of benzene rings is 5. The summed E-state index contributed by atoms with van der Waals surface area (Å²) in [5.74, 6) is 1.21. The predicted octanol–water partition coefficient (Wildman–Crippen LogP) is 10.1. The number of rotatable bonds is 6. The van der Waals surface area contributed by atoms with Gasteiger partial charge in [-0.15, -0.1) is 0 Å². The zero-order chi connectivity index (χ0) is 27.4. The summed E-state index contributed by atoms with van der Waals surface area (Å²) in [5.41, 5.74) is 10.8. The van der Waals surface area contributed by atoms with Gasteiger partial charge in [-0.05, 0) is 57.6 Å². The fraction of sp³-hybridized carbons (Fsp3) is 0. The molecular formula is C38H26N2O. The molecule has 5 aromatic carbocycles. The molecule has 7 rings (SSSR count). The molecule has 0 fully saturated rings. The minimum absolute atomic E-state index is 0.564. The van der Waals surface area contributed by atoms with E-state index in [0.717, 1.165) is 28.1 Å². The van der Waals surface area contributed by atoms with Gasteiger partial charge in [0.15, 0.2) is 11.6 Å². The van der Waals surface area contributed by atoms with Crippen LogP contribution in [0.25, 0.3) is 67.5 Å². The van der Waals surface area contributed by atoms with Gasteiger partial charge in [-0.25, -0.2) is 9.97 Å². The molecule has 0 radical (unpaired) electrons. The summed E-state index contributed by atoms with van der Waals surface area (Å²) in [6.07, 6.45) is 1.65. The van der Waals surface area contributed by atoms with Crippen molar-refractivity contribution in [2.45, 2.75) is 0 Å². The van der Waals surface area contributed by atoms with Crippen LogP contribution in [0.4, 0.5) is 0 Å². The van der Waals surface area contributed by atoms with E-state index in [1.807, 2.05) is 24.3 Å². The highest BCUT2D eigenvalue weighted by atomic mass is 16.3. The molecule has 0 amide bonds. The SMILES string of the molecule is c1ccc(-c2ccc(-c3cc(-c4ccc(-c5cccc(-c6ccccc6)c5)cc4)nc(-c4ccco4)n3)cc2)cc1. The molecule has 0 spiro atoms. The highest BCUT2D eigenvalue weighted by Gasteiger charge is 2.13. The van der Waals surface area contributed by atoms with Gasteiger partial charge in [-0.1, -0.05) is 127 Å². The molecule has 194 valence electrons. The van der Waals surface area contributed by atoms with Crippen LogP contribution in [0.2, 0.25) is 0 Å². The van der Waals surface area contributed by atoms with E-state index in [9.17, 15) is 0 Å². The van der Waals surface area contributed by atoms with Gasteiger partial charge in [-0.2, -0.15) is 0 Å². The maximum Gasteiger partial charge on any atom is 0.196 e. The Kier molecular flexibility index (Phi) is 6.52. The van der Waals surface area contributed by atoms with Crippen LogP contribution in [-0.2, 0) is 0 Å². The van der Waals surface area contributed by atoms with Gasteiger partial charge in [0.05, 0.1) is 17.7 Å². The number of furan rings is 1. The minimum Gasteiger partial charge on any atom is -0.461 e. The van der Waals surface area contributed by atoms with Gasteiger partial charge < -0.3 is 4.42 Å². The molecule has 0 aliphatic carbocycles. The van der Waals surface area contributed by atoms with Crippen LogP contribution in [0.1, 0.15) is 0 Å². The van der Waals surface area contributed by atoms with Gasteiger partial charge in [-0.3, -0.25) is 0 Å². The largest absolute Gasteiger partial charge is 0.461 e. The summed E-state index contributed by atoms with van der Waals surface area (Å²) >= 11 is 0. The second-order valence-corrected chi connectivity index (χ2v) is 9.91. The lowest BCUT2D eigenvalue weighted by molar-refractivity contribution is 0.577. The Morgan fingerprint density at radius 3 is 1.29 bits per heavy atom. The monoisotopic (exact) mass is 526 g/mol. The standard InChI is InChI=1S/C38H26N2O/c1-3-9-27(10-4-1)29-16-20-31(21-17-29)35-26-36(40-38(39-35)37-15-8-24-41-37)32-22-18-30(19-23-32)34-14-7-13-33(25-34)28-11-5-2-6-12-28/h1-26H. The van der Waals surface area contributed by atoms with Gasteiger partial charge in [0, 0.05) is 11.1 Å². The Hall–Kier alpha value is -5.54. The van der Waals surface area contributed by atoms with Gasteiger partial charge in [0.25, 0.3) is 0 Å². The summed E-state index contributed by atoms with van der Waals surface area (Å²) in [6.45, 7) is 0. The molecule has 3 nitrogen and oxygen atoms in total. The maximum atomic E-state index is 5.68. The van der Waals surface area contributed by atoms with E-state index in [0.29, 0.717) is 11.6 Å². The first-order chi connectivity index (χ1) is 20.3. The lowest BCUT2D eigenvalue weighted by Gasteiger charge is -2.10. The van der Waals surface area contributed by atoms with Crippen molar-refractivity contribution in [3.63, 3.8) is 0 Å². The molecular weight excluding hydrogens is 500 g/mol. The Morgan fingerprint density at radius 2 is 0.780 bits per heavy atom. The average molecular weight is 527 g/mol. The molecule has 0 saturated carbocycles. The van der Waals surface area contributed by atoms with E-state index < -0.39 is 0 Å². The van der Waals surface area contributed by atoms with E-state index >= 15 is 0 Å². The van der Waals surface area contributed by atoms with Crippen LogP contribution in [0, 0.1) is 0 Å². The fourth-order valence-corrected chi connectivity index (χ4v) is 5.07. The van der Waals surface area contributed by atoms with E-state index in [4.69, 9.17) is 14.4 Å². The first-order valence-corrected chi connectivity index (χ1v) is 13.7. The van der Waals surface area contributed by atoms with E-state index in [-0.39, 0.29) is 0 Å². The molecule has 3 heteroatoms. The highest BCUT2D eigenvalue weighted by Crippen LogP contribution is 2.32. The number of aromatic nitrogens is 2. The van der Waals surface area contributed by atoms with E-state index in [1.54, 1.807) is 6.26 Å². The fourth-order valence-electron chi connectivity index (χ4n) is 5.07. The van der Waals surface area contributed by atoms with Crippen LogP contribution >= 0.6 is 0 Å². The van der Waals surface area contributed by atoms with Crippen molar-refractivity contribution < 1.29 is 4.42 Å². The number of hydrogen-bond acceptors (Lipinski definition) is 3. The van der Waals surface area contributed by atoms with Crippen LogP contribution in [0.5, 0.6) is 0 Å². The molecule has 0 bridgehead atoms. The quantitative estimate of drug-likeness (QED) is 0.216. The zero-order valence-electron chi connectivity index (χ0n) is 22.3. The summed E-state index contributed by atoms with van der Waals surface area (Å²) in [5, 5.41) is 0. The molecule has 41 heavy (non-hydrogen) atoms. The second-order valence-electron chi connectivity index (χ2n) is 9.91. The predicted molar refractivity (Wildman–Crippen MR) is 167 cm³/mol. The van der Waals surface area contributed by atoms with Crippen molar-refractivity contribution in [3.8, 4) is 67.5 Å². The molecule has 0 aliphatic heterocycles. The van der Waals surface area contributed by atoms with Crippen molar-refractivity contribution >= 4 is 0 Å². The molecule has 0 aliphatic rings. The van der Waals surface area contributed by atoms with E-state index in [1.165, 1.54) is 27.8 Å². The molecule has 0 saturated heterocycles. The third-order valence-corrected chi connectivity index (χ3v) is 7.24. The van der Waals surface area contributed by atoms with E-state index in [2.05, 4.69) is 127 Å². The zero-order valence-corrected chi connectivity index (χ0v) is 22.3. The Labute approximate surface area is 239 Å².